The van der Waals surface area contributed by atoms with E-state index < -0.39 is 5.97 Å². The van der Waals surface area contributed by atoms with Crippen LogP contribution >= 0.6 is 0 Å². The molecule has 0 aliphatic rings. The summed E-state index contributed by atoms with van der Waals surface area (Å²) in [4.78, 5) is 23.0. The lowest BCUT2D eigenvalue weighted by atomic mass is 10.2. The standard InChI is InChI=1S/C14H24O4/c1-5-7-9-12(14(16)18-11(3)4)10-17-13(15)8-6-2/h9,11H,5-8,10H2,1-4H3. The normalized spacial score (nSPS) is 11.5. The molecule has 0 unspecified atom stereocenters. The number of esters is 2. The number of carbonyl (C=O) groups is 2. The predicted octanol–water partition coefficient (Wildman–Crippen LogP) is 3.01. The highest BCUT2D eigenvalue weighted by Gasteiger charge is 2.14. The molecule has 0 aromatic rings. The number of hydrogen-bond donors (Lipinski definition) is 0. The molecule has 0 saturated heterocycles. The van der Waals surface area contributed by atoms with Crippen molar-refractivity contribution < 1.29 is 19.1 Å². The van der Waals surface area contributed by atoms with Crippen molar-refractivity contribution in [1.82, 2.24) is 0 Å². The molecule has 0 saturated carbocycles. The van der Waals surface area contributed by atoms with Crippen LogP contribution < -0.4 is 0 Å². The lowest BCUT2D eigenvalue weighted by Gasteiger charge is -2.11. The Morgan fingerprint density at radius 1 is 1.17 bits per heavy atom. The Labute approximate surface area is 109 Å². The minimum atomic E-state index is -0.400. The molecule has 0 heterocycles. The third kappa shape index (κ3) is 7.87. The molecular weight excluding hydrogens is 232 g/mol. The average Bonchev–Trinajstić information content (AvgIpc) is 2.28. The van der Waals surface area contributed by atoms with Crippen LogP contribution in [0.2, 0.25) is 0 Å². The second-order valence-corrected chi connectivity index (χ2v) is 4.38. The summed E-state index contributed by atoms with van der Waals surface area (Å²) < 4.78 is 10.1. The van der Waals surface area contributed by atoms with E-state index >= 15 is 0 Å². The Bertz CT molecular complexity index is 292. The second-order valence-electron chi connectivity index (χ2n) is 4.38. The largest absolute Gasteiger partial charge is 0.461 e. The van der Waals surface area contributed by atoms with E-state index in [1.807, 2.05) is 13.8 Å². The summed E-state index contributed by atoms with van der Waals surface area (Å²) in [7, 11) is 0. The number of unbranched alkanes of at least 4 members (excludes halogenated alkanes) is 1. The summed E-state index contributed by atoms with van der Waals surface area (Å²) in [5.74, 6) is -0.681. The van der Waals surface area contributed by atoms with Crippen LogP contribution in [0.5, 0.6) is 0 Å². The van der Waals surface area contributed by atoms with Gasteiger partial charge >= 0.3 is 11.9 Å². The van der Waals surface area contributed by atoms with E-state index in [0.29, 0.717) is 12.0 Å². The summed E-state index contributed by atoms with van der Waals surface area (Å²) in [6.45, 7) is 7.51. The van der Waals surface area contributed by atoms with Crippen LogP contribution in [-0.2, 0) is 19.1 Å². The van der Waals surface area contributed by atoms with Crippen LogP contribution in [0.25, 0.3) is 0 Å². The second kappa shape index (κ2) is 9.68. The summed E-state index contributed by atoms with van der Waals surface area (Å²) in [6.07, 6.45) is 4.43. The molecule has 104 valence electrons. The molecule has 0 fully saturated rings. The SMILES string of the molecule is CCCC=C(COC(=O)CCC)C(=O)OC(C)C. The van der Waals surface area contributed by atoms with Crippen LogP contribution in [0.4, 0.5) is 0 Å². The first-order valence-corrected chi connectivity index (χ1v) is 6.56. The monoisotopic (exact) mass is 256 g/mol. The molecule has 4 heteroatoms. The fourth-order valence-corrected chi connectivity index (χ4v) is 1.24. The van der Waals surface area contributed by atoms with E-state index in [0.717, 1.165) is 19.3 Å². The fraction of sp³-hybridized carbons (Fsp3) is 0.714. The van der Waals surface area contributed by atoms with Crippen LogP contribution in [0.1, 0.15) is 53.4 Å². The molecule has 0 aromatic carbocycles. The van der Waals surface area contributed by atoms with Gasteiger partial charge in [-0.1, -0.05) is 26.3 Å². The Morgan fingerprint density at radius 3 is 2.33 bits per heavy atom. The molecule has 4 nitrogen and oxygen atoms in total. The summed E-state index contributed by atoms with van der Waals surface area (Å²) in [5, 5.41) is 0. The smallest absolute Gasteiger partial charge is 0.337 e. The van der Waals surface area contributed by atoms with Crippen molar-refractivity contribution in [3.8, 4) is 0 Å². The van der Waals surface area contributed by atoms with E-state index in [-0.39, 0.29) is 18.7 Å². The number of rotatable bonds is 8. The molecule has 0 aliphatic heterocycles. The predicted molar refractivity (Wildman–Crippen MR) is 70.1 cm³/mol. The van der Waals surface area contributed by atoms with Gasteiger partial charge in [-0.2, -0.15) is 0 Å². The Balaban J connectivity index is 4.40. The number of ether oxygens (including phenoxy) is 2. The maximum atomic E-state index is 11.7. The third-order valence-electron chi connectivity index (χ3n) is 2.13. The lowest BCUT2D eigenvalue weighted by Crippen LogP contribution is -2.18. The van der Waals surface area contributed by atoms with E-state index in [1.165, 1.54) is 0 Å². The number of carbonyl (C=O) groups excluding carboxylic acids is 2. The highest BCUT2D eigenvalue weighted by molar-refractivity contribution is 5.89. The summed E-state index contributed by atoms with van der Waals surface area (Å²) in [6, 6.07) is 0. The van der Waals surface area contributed by atoms with Gasteiger partial charge in [-0.15, -0.1) is 0 Å². The van der Waals surface area contributed by atoms with E-state index in [4.69, 9.17) is 9.47 Å². The van der Waals surface area contributed by atoms with Gasteiger partial charge in [-0.3, -0.25) is 4.79 Å². The average molecular weight is 256 g/mol. The molecule has 0 aliphatic carbocycles. The van der Waals surface area contributed by atoms with E-state index in [1.54, 1.807) is 19.9 Å². The molecule has 0 amide bonds. The first kappa shape index (κ1) is 16.7. The van der Waals surface area contributed by atoms with E-state index in [9.17, 15) is 9.59 Å². The van der Waals surface area contributed by atoms with Crippen LogP contribution in [0, 0.1) is 0 Å². The van der Waals surface area contributed by atoms with Gasteiger partial charge in [0.05, 0.1) is 11.7 Å². The summed E-state index contributed by atoms with van der Waals surface area (Å²) >= 11 is 0. The van der Waals surface area contributed by atoms with Crippen molar-refractivity contribution in [3.63, 3.8) is 0 Å². The molecule has 0 rings (SSSR count). The van der Waals surface area contributed by atoms with Gasteiger partial charge in [0.25, 0.3) is 0 Å². The first-order valence-electron chi connectivity index (χ1n) is 6.56. The summed E-state index contributed by atoms with van der Waals surface area (Å²) in [5.41, 5.74) is 0.426. The van der Waals surface area contributed by atoms with Gasteiger partial charge < -0.3 is 9.47 Å². The van der Waals surface area contributed by atoms with Crippen molar-refractivity contribution in [2.24, 2.45) is 0 Å². The van der Waals surface area contributed by atoms with Gasteiger partial charge in [-0.05, 0) is 26.7 Å². The molecule has 18 heavy (non-hydrogen) atoms. The van der Waals surface area contributed by atoms with Gasteiger partial charge in [0.15, 0.2) is 0 Å². The lowest BCUT2D eigenvalue weighted by molar-refractivity contribution is -0.146. The third-order valence-corrected chi connectivity index (χ3v) is 2.13. The molecule has 0 spiro atoms. The highest BCUT2D eigenvalue weighted by Crippen LogP contribution is 2.06. The zero-order valence-corrected chi connectivity index (χ0v) is 11.8. The van der Waals surface area contributed by atoms with Crippen molar-refractivity contribution in [3.05, 3.63) is 11.6 Å². The minimum Gasteiger partial charge on any atom is -0.461 e. The first-order chi connectivity index (χ1) is 8.51. The molecular formula is C14H24O4. The van der Waals surface area contributed by atoms with Gasteiger partial charge in [0, 0.05) is 6.42 Å². The van der Waals surface area contributed by atoms with Gasteiger partial charge in [0.1, 0.15) is 6.61 Å². The topological polar surface area (TPSA) is 52.6 Å². The zero-order valence-electron chi connectivity index (χ0n) is 11.8. The fourth-order valence-electron chi connectivity index (χ4n) is 1.24. The van der Waals surface area contributed by atoms with Crippen molar-refractivity contribution in [1.29, 1.82) is 0 Å². The van der Waals surface area contributed by atoms with E-state index in [2.05, 4.69) is 0 Å². The van der Waals surface area contributed by atoms with Crippen molar-refractivity contribution in [2.75, 3.05) is 6.61 Å². The van der Waals surface area contributed by atoms with Crippen LogP contribution in [0.3, 0.4) is 0 Å². The van der Waals surface area contributed by atoms with Gasteiger partial charge in [-0.25, -0.2) is 4.79 Å². The number of allylic oxidation sites excluding steroid dienone is 1. The Morgan fingerprint density at radius 2 is 1.83 bits per heavy atom. The number of hydrogen-bond acceptors (Lipinski definition) is 4. The Hall–Kier alpha value is -1.32. The van der Waals surface area contributed by atoms with Crippen molar-refractivity contribution in [2.45, 2.75) is 59.5 Å². The quantitative estimate of drug-likeness (QED) is 0.495. The molecule has 0 bridgehead atoms. The highest BCUT2D eigenvalue weighted by atomic mass is 16.6. The minimum absolute atomic E-state index is 0.00435. The van der Waals surface area contributed by atoms with Crippen LogP contribution in [0.15, 0.2) is 11.6 Å². The molecule has 0 radical (unpaired) electrons. The molecule has 0 atom stereocenters. The maximum Gasteiger partial charge on any atom is 0.337 e. The molecule has 0 N–H and O–H groups in total. The maximum absolute atomic E-state index is 11.7. The molecule has 0 aromatic heterocycles. The zero-order chi connectivity index (χ0) is 14.0. The van der Waals surface area contributed by atoms with Crippen molar-refractivity contribution >= 4 is 11.9 Å². The van der Waals surface area contributed by atoms with Crippen LogP contribution in [-0.4, -0.2) is 24.6 Å². The Kier molecular flexibility index (Phi) is 8.97. The van der Waals surface area contributed by atoms with Gasteiger partial charge in [0.2, 0.25) is 0 Å².